The van der Waals surface area contributed by atoms with Crippen molar-refractivity contribution in [2.45, 2.75) is 10.9 Å². The predicted molar refractivity (Wildman–Crippen MR) is 100 cm³/mol. The molecule has 25 heavy (non-hydrogen) atoms. The van der Waals surface area contributed by atoms with E-state index in [1.807, 2.05) is 36.5 Å². The van der Waals surface area contributed by atoms with Gasteiger partial charge in [0.15, 0.2) is 0 Å². The number of sulfonamides is 1. The molecule has 0 saturated carbocycles. The van der Waals surface area contributed by atoms with E-state index in [0.29, 0.717) is 12.1 Å². The van der Waals surface area contributed by atoms with E-state index in [1.54, 1.807) is 23.5 Å². The first-order valence-corrected chi connectivity index (χ1v) is 10.1. The molecule has 0 fully saturated rings. The summed E-state index contributed by atoms with van der Waals surface area (Å²) >= 11 is 1.64. The first-order chi connectivity index (χ1) is 11.7. The number of carbonyl (C=O) groups is 1. The van der Waals surface area contributed by atoms with E-state index >= 15 is 0 Å². The number of rotatable bonds is 7. The van der Waals surface area contributed by atoms with E-state index in [9.17, 15) is 13.2 Å². The van der Waals surface area contributed by atoms with Gasteiger partial charge >= 0.3 is 0 Å². The van der Waals surface area contributed by atoms with Crippen molar-refractivity contribution in [3.05, 3.63) is 52.2 Å². The third-order valence-corrected chi connectivity index (χ3v) is 6.61. The van der Waals surface area contributed by atoms with Gasteiger partial charge in [0.2, 0.25) is 10.0 Å². The molecular formula is C17H23N3O3S2. The fourth-order valence-corrected chi connectivity index (χ4v) is 4.19. The van der Waals surface area contributed by atoms with Crippen molar-refractivity contribution in [2.75, 3.05) is 34.7 Å². The molecule has 1 N–H and O–H groups in total. The molecule has 1 heterocycles. The summed E-state index contributed by atoms with van der Waals surface area (Å²) in [5.74, 6) is -0.292. The second-order valence-corrected chi connectivity index (χ2v) is 9.15. The van der Waals surface area contributed by atoms with Crippen molar-refractivity contribution in [3.63, 3.8) is 0 Å². The highest BCUT2D eigenvalue weighted by Crippen LogP contribution is 2.22. The molecule has 0 saturated heterocycles. The van der Waals surface area contributed by atoms with Crippen molar-refractivity contribution in [1.29, 1.82) is 0 Å². The fraction of sp³-hybridized carbons (Fsp3) is 0.353. The van der Waals surface area contributed by atoms with Crippen LogP contribution in [0.1, 0.15) is 21.3 Å². The van der Waals surface area contributed by atoms with Gasteiger partial charge in [-0.1, -0.05) is 12.1 Å². The molecule has 0 bridgehead atoms. The molecule has 1 aromatic heterocycles. The highest BCUT2D eigenvalue weighted by molar-refractivity contribution is 7.89. The quantitative estimate of drug-likeness (QED) is 0.797. The molecule has 0 aliphatic carbocycles. The number of nitrogens with one attached hydrogen (secondary N) is 1. The summed E-state index contributed by atoms with van der Waals surface area (Å²) in [5.41, 5.74) is 0.326. The lowest BCUT2D eigenvalue weighted by Crippen LogP contribution is -2.34. The summed E-state index contributed by atoms with van der Waals surface area (Å²) in [4.78, 5) is 15.8. The molecule has 0 aliphatic rings. The van der Waals surface area contributed by atoms with Gasteiger partial charge in [0.1, 0.15) is 0 Å². The second-order valence-electron chi connectivity index (χ2n) is 6.02. The van der Waals surface area contributed by atoms with Crippen molar-refractivity contribution >= 4 is 27.3 Å². The third-order valence-electron chi connectivity index (χ3n) is 3.83. The van der Waals surface area contributed by atoms with Crippen LogP contribution < -0.4 is 5.32 Å². The van der Waals surface area contributed by atoms with Gasteiger partial charge in [-0.2, -0.15) is 0 Å². The summed E-state index contributed by atoms with van der Waals surface area (Å²) in [6.45, 7) is 0.441. The van der Waals surface area contributed by atoms with Crippen LogP contribution in [-0.4, -0.2) is 58.3 Å². The van der Waals surface area contributed by atoms with Crippen LogP contribution in [0, 0.1) is 0 Å². The minimum Gasteiger partial charge on any atom is -0.350 e. The van der Waals surface area contributed by atoms with Gasteiger partial charge in [0, 0.05) is 31.1 Å². The van der Waals surface area contributed by atoms with Gasteiger partial charge in [-0.05, 0) is 43.7 Å². The standard InChI is InChI=1S/C17H23N3O3S2/c1-19(2)15(16-9-6-10-24-16)12-18-17(21)13-7-5-8-14(11-13)25(22,23)20(3)4/h5-11,15H,12H2,1-4H3,(H,18,21)/t15-/m1/s1. The summed E-state index contributed by atoms with van der Waals surface area (Å²) in [6, 6.07) is 10.2. The van der Waals surface area contributed by atoms with Crippen LogP contribution >= 0.6 is 11.3 Å². The van der Waals surface area contributed by atoms with E-state index in [-0.39, 0.29) is 16.8 Å². The van der Waals surface area contributed by atoms with Gasteiger partial charge in [-0.25, -0.2) is 12.7 Å². The predicted octanol–water partition coefficient (Wildman–Crippen LogP) is 2.03. The average Bonchev–Trinajstić information content (AvgIpc) is 3.08. The fourth-order valence-electron chi connectivity index (χ4n) is 2.32. The summed E-state index contributed by atoms with van der Waals surface area (Å²) in [5, 5.41) is 4.90. The van der Waals surface area contributed by atoms with Crippen LogP contribution in [0.3, 0.4) is 0 Å². The maximum absolute atomic E-state index is 12.5. The smallest absolute Gasteiger partial charge is 0.251 e. The number of hydrogen-bond acceptors (Lipinski definition) is 5. The van der Waals surface area contributed by atoms with Gasteiger partial charge in [-0.15, -0.1) is 11.3 Å². The molecule has 2 aromatic rings. The summed E-state index contributed by atoms with van der Waals surface area (Å²) in [7, 11) is 3.28. The maximum Gasteiger partial charge on any atom is 0.251 e. The Morgan fingerprint density at radius 1 is 1.16 bits per heavy atom. The lowest BCUT2D eigenvalue weighted by molar-refractivity contribution is 0.0942. The summed E-state index contributed by atoms with van der Waals surface area (Å²) < 4.78 is 25.5. The molecule has 1 amide bonds. The van der Waals surface area contributed by atoms with Crippen molar-refractivity contribution < 1.29 is 13.2 Å². The minimum atomic E-state index is -3.57. The van der Waals surface area contributed by atoms with Crippen molar-refractivity contribution in [2.24, 2.45) is 0 Å². The molecule has 0 aliphatic heterocycles. The molecule has 2 rings (SSSR count). The number of thiophene rings is 1. The lowest BCUT2D eigenvalue weighted by Gasteiger charge is -2.23. The minimum absolute atomic E-state index is 0.0673. The van der Waals surface area contributed by atoms with Gasteiger partial charge in [0.05, 0.1) is 10.9 Å². The largest absolute Gasteiger partial charge is 0.350 e. The van der Waals surface area contributed by atoms with Crippen LogP contribution in [0.25, 0.3) is 0 Å². The van der Waals surface area contributed by atoms with Gasteiger partial charge < -0.3 is 10.2 Å². The van der Waals surface area contributed by atoms with Gasteiger partial charge in [0.25, 0.3) is 5.91 Å². The molecular weight excluding hydrogens is 358 g/mol. The number of benzene rings is 1. The van der Waals surface area contributed by atoms with Crippen molar-refractivity contribution in [1.82, 2.24) is 14.5 Å². The molecule has 1 aromatic carbocycles. The van der Waals surface area contributed by atoms with Crippen molar-refractivity contribution in [3.8, 4) is 0 Å². The van der Waals surface area contributed by atoms with Crippen LogP contribution in [0.5, 0.6) is 0 Å². The van der Waals surface area contributed by atoms with Crippen LogP contribution in [0.15, 0.2) is 46.7 Å². The maximum atomic E-state index is 12.5. The normalized spacial score (nSPS) is 13.2. The Kier molecular flexibility index (Phi) is 6.34. The zero-order valence-electron chi connectivity index (χ0n) is 14.8. The van der Waals surface area contributed by atoms with Crippen LogP contribution in [0.4, 0.5) is 0 Å². The molecule has 136 valence electrons. The monoisotopic (exact) mass is 381 g/mol. The van der Waals surface area contributed by atoms with E-state index < -0.39 is 10.0 Å². The lowest BCUT2D eigenvalue weighted by atomic mass is 10.2. The zero-order chi connectivity index (χ0) is 18.6. The van der Waals surface area contributed by atoms with E-state index in [4.69, 9.17) is 0 Å². The highest BCUT2D eigenvalue weighted by atomic mass is 32.2. The van der Waals surface area contributed by atoms with E-state index in [2.05, 4.69) is 5.32 Å². The summed E-state index contributed by atoms with van der Waals surface area (Å²) in [6.07, 6.45) is 0. The molecule has 8 heteroatoms. The molecule has 1 atom stereocenters. The Morgan fingerprint density at radius 2 is 1.88 bits per heavy atom. The molecule has 0 unspecified atom stereocenters. The zero-order valence-corrected chi connectivity index (χ0v) is 16.4. The van der Waals surface area contributed by atoms with Crippen LogP contribution in [0.2, 0.25) is 0 Å². The number of nitrogens with zero attached hydrogens (tertiary/aromatic N) is 2. The molecule has 6 nitrogen and oxygen atoms in total. The SMILES string of the molecule is CN(C)[C@H](CNC(=O)c1cccc(S(=O)(=O)N(C)C)c1)c1cccs1. The van der Waals surface area contributed by atoms with Gasteiger partial charge in [-0.3, -0.25) is 4.79 Å². The van der Waals surface area contributed by atoms with E-state index in [1.165, 1.54) is 26.2 Å². The Morgan fingerprint density at radius 3 is 2.44 bits per heavy atom. The molecule has 0 radical (unpaired) electrons. The Bertz CT molecular complexity index is 815. The Labute approximate surface area is 153 Å². The third kappa shape index (κ3) is 4.66. The second kappa shape index (κ2) is 8.09. The van der Waals surface area contributed by atoms with Crippen LogP contribution in [-0.2, 0) is 10.0 Å². The first kappa shape index (κ1) is 19.6. The number of hydrogen-bond donors (Lipinski definition) is 1. The highest BCUT2D eigenvalue weighted by Gasteiger charge is 2.20. The Hall–Kier alpha value is -1.74. The van der Waals surface area contributed by atoms with E-state index in [0.717, 1.165) is 9.18 Å². The number of amides is 1. The topological polar surface area (TPSA) is 69.7 Å². The number of likely N-dealkylation sites (N-methyl/N-ethyl adjacent to an activating group) is 1. The average molecular weight is 382 g/mol. The molecule has 0 spiro atoms. The Balaban J connectivity index is 2.13. The number of carbonyl (C=O) groups excluding carboxylic acids is 1. The first-order valence-electron chi connectivity index (χ1n) is 7.74.